The van der Waals surface area contributed by atoms with Crippen molar-refractivity contribution in [2.75, 3.05) is 51.6 Å². The number of piperazine rings is 1. The molecule has 6 nitrogen and oxygen atoms in total. The molecular weight excluding hydrogens is 384 g/mol. The van der Waals surface area contributed by atoms with Gasteiger partial charge in [0.15, 0.2) is 0 Å². The van der Waals surface area contributed by atoms with E-state index in [2.05, 4.69) is 44.7 Å². The first-order valence-electron chi connectivity index (χ1n) is 11.9. The topological polar surface area (TPSA) is 56.3 Å². The first-order valence-corrected chi connectivity index (χ1v) is 11.9. The third-order valence-electron chi connectivity index (χ3n) is 8.23. The summed E-state index contributed by atoms with van der Waals surface area (Å²) in [6.45, 7) is 7.50. The van der Waals surface area contributed by atoms with E-state index >= 15 is 0 Å². The van der Waals surface area contributed by atoms with E-state index in [0.717, 1.165) is 85.0 Å². The van der Waals surface area contributed by atoms with Gasteiger partial charge in [0.2, 0.25) is 0 Å². The van der Waals surface area contributed by atoms with Crippen molar-refractivity contribution >= 4 is 16.7 Å². The van der Waals surface area contributed by atoms with Gasteiger partial charge in [0.1, 0.15) is 11.6 Å². The Morgan fingerprint density at radius 2 is 1.90 bits per heavy atom. The van der Waals surface area contributed by atoms with Gasteiger partial charge in [0, 0.05) is 44.2 Å². The maximum absolute atomic E-state index is 4.92. The lowest BCUT2D eigenvalue weighted by Crippen LogP contribution is -2.50. The fourth-order valence-electron chi connectivity index (χ4n) is 6.41. The molecule has 1 aromatic carbocycles. The number of hydrogen-bond acceptors (Lipinski definition) is 6. The Balaban J connectivity index is 0.00000204. The fraction of sp³-hybridized carbons (Fsp3) is 0.680. The minimum absolute atomic E-state index is 0. The molecule has 0 amide bonds. The van der Waals surface area contributed by atoms with Gasteiger partial charge in [-0.2, -0.15) is 0 Å². The van der Waals surface area contributed by atoms with Crippen LogP contribution in [0.3, 0.4) is 0 Å². The summed E-state index contributed by atoms with van der Waals surface area (Å²) in [4.78, 5) is 15.2. The van der Waals surface area contributed by atoms with E-state index in [1.54, 1.807) is 6.42 Å². The highest BCUT2D eigenvalue weighted by Crippen LogP contribution is 2.82. The molecule has 31 heavy (non-hydrogen) atoms. The summed E-state index contributed by atoms with van der Waals surface area (Å²) < 4.78 is 0. The molecule has 1 saturated heterocycles. The van der Waals surface area contributed by atoms with Crippen LogP contribution in [0.2, 0.25) is 0 Å². The van der Waals surface area contributed by atoms with Crippen LogP contribution in [-0.2, 0) is 6.54 Å². The highest BCUT2D eigenvalue weighted by Gasteiger charge is 2.77. The van der Waals surface area contributed by atoms with Crippen LogP contribution in [0.5, 0.6) is 0 Å². The predicted octanol–water partition coefficient (Wildman–Crippen LogP) is 3.20. The van der Waals surface area contributed by atoms with Gasteiger partial charge in [-0.1, -0.05) is 19.6 Å². The molecule has 6 rings (SSSR count). The van der Waals surface area contributed by atoms with Crippen molar-refractivity contribution in [3.8, 4) is 0 Å². The number of para-hydroxylation sites is 1. The van der Waals surface area contributed by atoms with Gasteiger partial charge < -0.3 is 10.6 Å². The van der Waals surface area contributed by atoms with Crippen molar-refractivity contribution in [3.05, 3.63) is 30.1 Å². The molecule has 2 heterocycles. The summed E-state index contributed by atoms with van der Waals surface area (Å²) in [7, 11) is 2.00. The Labute approximate surface area is 186 Å². The predicted molar refractivity (Wildman–Crippen MR) is 127 cm³/mol. The first kappa shape index (κ1) is 21.1. The van der Waals surface area contributed by atoms with Crippen LogP contribution in [0.15, 0.2) is 24.3 Å². The molecule has 2 N–H and O–H groups in total. The van der Waals surface area contributed by atoms with E-state index in [9.17, 15) is 0 Å². The zero-order chi connectivity index (χ0) is 20.1. The monoisotopic (exact) mass is 422 g/mol. The molecule has 3 aliphatic carbocycles. The third kappa shape index (κ3) is 3.83. The van der Waals surface area contributed by atoms with E-state index < -0.39 is 0 Å². The third-order valence-corrected chi connectivity index (χ3v) is 8.23. The smallest absolute Gasteiger partial charge is 0.145 e. The molecule has 1 spiro atoms. The van der Waals surface area contributed by atoms with Gasteiger partial charge in [-0.15, -0.1) is 0 Å². The minimum Gasteiger partial charge on any atom is -0.369 e. The van der Waals surface area contributed by atoms with E-state index in [-0.39, 0.29) is 7.43 Å². The Bertz CT molecular complexity index is 923. The highest BCUT2D eigenvalue weighted by molar-refractivity contribution is 5.88. The zero-order valence-electron chi connectivity index (χ0n) is 18.1. The number of benzene rings is 1. The normalized spacial score (nSPS) is 31.7. The fourth-order valence-corrected chi connectivity index (χ4v) is 6.41. The number of aromatic nitrogens is 2. The molecule has 1 aromatic heterocycles. The molecule has 6 heteroatoms. The van der Waals surface area contributed by atoms with Crippen LogP contribution in [0.1, 0.15) is 38.9 Å². The molecule has 4 aliphatic rings. The molecule has 4 atom stereocenters. The summed E-state index contributed by atoms with van der Waals surface area (Å²) in [5.74, 6) is 4.07. The SMILES string of the molecule is C.CNCCCNc1nc(CN2CCN(C3C[C@@H]4CC45CC35)CC2)nc2ccccc12. The van der Waals surface area contributed by atoms with Crippen LogP contribution in [0.4, 0.5) is 5.82 Å². The highest BCUT2D eigenvalue weighted by atomic mass is 15.3. The van der Waals surface area contributed by atoms with Gasteiger partial charge in [-0.05, 0) is 68.7 Å². The number of nitrogens with one attached hydrogen (secondary N) is 2. The van der Waals surface area contributed by atoms with Gasteiger partial charge in [0.25, 0.3) is 0 Å². The second kappa shape index (κ2) is 8.30. The Hall–Kier alpha value is -1.76. The molecule has 0 radical (unpaired) electrons. The van der Waals surface area contributed by atoms with E-state index in [4.69, 9.17) is 9.97 Å². The largest absolute Gasteiger partial charge is 0.369 e. The molecular formula is C25H38N6. The summed E-state index contributed by atoms with van der Waals surface area (Å²) in [5.41, 5.74) is 1.90. The Morgan fingerprint density at radius 3 is 2.65 bits per heavy atom. The molecule has 3 unspecified atom stereocenters. The van der Waals surface area contributed by atoms with Gasteiger partial charge in [0.05, 0.1) is 12.1 Å². The molecule has 0 bridgehead atoms. The summed E-state index contributed by atoms with van der Waals surface area (Å²) in [6, 6.07) is 9.26. The van der Waals surface area contributed by atoms with Crippen LogP contribution in [-0.4, -0.2) is 72.1 Å². The lowest BCUT2D eigenvalue weighted by atomic mass is 10.1. The number of anilines is 1. The Kier molecular flexibility index (Phi) is 5.65. The number of nitrogens with zero attached hydrogens (tertiary/aromatic N) is 4. The zero-order valence-corrected chi connectivity index (χ0v) is 18.1. The van der Waals surface area contributed by atoms with Crippen molar-refractivity contribution < 1.29 is 0 Å². The van der Waals surface area contributed by atoms with Crippen LogP contribution in [0, 0.1) is 17.3 Å². The van der Waals surface area contributed by atoms with Crippen molar-refractivity contribution in [3.63, 3.8) is 0 Å². The molecule has 2 aromatic rings. The second-order valence-corrected chi connectivity index (χ2v) is 9.95. The molecule has 4 fully saturated rings. The summed E-state index contributed by atoms with van der Waals surface area (Å²) >= 11 is 0. The lowest BCUT2D eigenvalue weighted by molar-refractivity contribution is 0.0802. The number of fused-ring (bicyclic) bond motifs is 1. The van der Waals surface area contributed by atoms with Crippen LogP contribution >= 0.6 is 0 Å². The number of rotatable bonds is 8. The summed E-state index contributed by atoms with van der Waals surface area (Å²) in [6.07, 6.45) is 5.66. The molecule has 168 valence electrons. The maximum atomic E-state index is 4.92. The standard InChI is InChI=1S/C24H34N6.CH4/c1-25-7-4-8-26-23-18-5-2-3-6-20(18)27-22(28-23)16-29-9-11-30(12-10-29)21-13-17-14-24(17)15-19(21)24;/h2-3,5-6,17,19,21,25H,4,7-16H2,1H3,(H,26,27,28);1H4/t17-,19?,21?,24?;/m1./s1. The second-order valence-electron chi connectivity index (χ2n) is 9.95. The van der Waals surface area contributed by atoms with Crippen LogP contribution < -0.4 is 10.6 Å². The maximum Gasteiger partial charge on any atom is 0.145 e. The van der Waals surface area contributed by atoms with Crippen LogP contribution in [0.25, 0.3) is 10.9 Å². The van der Waals surface area contributed by atoms with Crippen molar-refractivity contribution in [1.82, 2.24) is 25.1 Å². The average molecular weight is 423 g/mol. The van der Waals surface area contributed by atoms with Gasteiger partial charge >= 0.3 is 0 Å². The van der Waals surface area contributed by atoms with Crippen molar-refractivity contribution in [2.45, 2.75) is 45.7 Å². The Morgan fingerprint density at radius 1 is 1.06 bits per heavy atom. The molecule has 1 aliphatic heterocycles. The lowest BCUT2D eigenvalue weighted by Gasteiger charge is -2.39. The molecule has 3 saturated carbocycles. The van der Waals surface area contributed by atoms with Crippen molar-refractivity contribution in [2.24, 2.45) is 17.3 Å². The van der Waals surface area contributed by atoms with E-state index in [1.807, 2.05) is 7.05 Å². The minimum atomic E-state index is 0. The summed E-state index contributed by atoms with van der Waals surface area (Å²) in [5, 5.41) is 7.87. The van der Waals surface area contributed by atoms with E-state index in [0.29, 0.717) is 0 Å². The quantitative estimate of drug-likeness (QED) is 0.637. The first-order chi connectivity index (χ1) is 14.8. The average Bonchev–Trinajstić information content (AvgIpc) is 3.66. The van der Waals surface area contributed by atoms with E-state index in [1.165, 1.54) is 25.9 Å². The van der Waals surface area contributed by atoms with Gasteiger partial charge in [-0.3, -0.25) is 9.80 Å². The van der Waals surface area contributed by atoms with Gasteiger partial charge in [-0.25, -0.2) is 9.97 Å². The number of hydrogen-bond donors (Lipinski definition) is 2. The van der Waals surface area contributed by atoms with Crippen molar-refractivity contribution in [1.29, 1.82) is 0 Å².